The van der Waals surface area contributed by atoms with E-state index in [1.807, 2.05) is 0 Å². The smallest absolute Gasteiger partial charge is 0.242 e. The predicted octanol–water partition coefficient (Wildman–Crippen LogP) is 7.84. The normalized spacial score (nSPS) is 14.9. The third-order valence-corrected chi connectivity index (χ3v) is 13.0. The Hall–Kier alpha value is -6.31. The summed E-state index contributed by atoms with van der Waals surface area (Å²) in [5.74, 6) is 0. The molecule has 11 rings (SSSR count). The van der Waals surface area contributed by atoms with Gasteiger partial charge in [-0.15, -0.1) is 0 Å². The van der Waals surface area contributed by atoms with Gasteiger partial charge in [0.2, 0.25) is 13.4 Å². The van der Waals surface area contributed by atoms with Gasteiger partial charge < -0.3 is 4.90 Å². The van der Waals surface area contributed by atoms with Crippen LogP contribution >= 0.6 is 0 Å². The van der Waals surface area contributed by atoms with Crippen LogP contribution in [-0.4, -0.2) is 13.4 Å². The van der Waals surface area contributed by atoms with Gasteiger partial charge in [0.1, 0.15) is 0 Å². The fourth-order valence-corrected chi connectivity index (χ4v) is 10.8. The molecular formula is C52H39B2N. The molecule has 0 unspecified atom stereocenters. The summed E-state index contributed by atoms with van der Waals surface area (Å²) < 4.78 is 0. The maximum Gasteiger partial charge on any atom is 0.242 e. The molecule has 1 nitrogen and oxygen atoms in total. The summed E-state index contributed by atoms with van der Waals surface area (Å²) in [5, 5.41) is 0. The van der Waals surface area contributed by atoms with Crippen LogP contribution in [0, 0.1) is 0 Å². The molecule has 0 saturated heterocycles. The van der Waals surface area contributed by atoms with Crippen LogP contribution in [-0.2, 0) is 10.8 Å². The Morgan fingerprint density at radius 1 is 0.327 bits per heavy atom. The Bertz CT molecular complexity index is 2670. The maximum atomic E-state index is 2.45. The highest BCUT2D eigenvalue weighted by atomic mass is 15.1. The van der Waals surface area contributed by atoms with Gasteiger partial charge in [0, 0.05) is 22.5 Å². The molecule has 0 N–H and O–H groups in total. The molecule has 3 aliphatic heterocycles. The summed E-state index contributed by atoms with van der Waals surface area (Å²) in [6.07, 6.45) is 0. The summed E-state index contributed by atoms with van der Waals surface area (Å²) >= 11 is 0. The van der Waals surface area contributed by atoms with Crippen molar-refractivity contribution in [2.75, 3.05) is 4.90 Å². The van der Waals surface area contributed by atoms with Gasteiger partial charge in [-0.1, -0.05) is 210 Å². The Morgan fingerprint density at radius 3 is 1.24 bits per heavy atom. The van der Waals surface area contributed by atoms with Crippen LogP contribution in [0.2, 0.25) is 0 Å². The topological polar surface area (TPSA) is 3.24 Å². The highest BCUT2D eigenvalue weighted by Crippen LogP contribution is 2.49. The second kappa shape index (κ2) is 12.1. The van der Waals surface area contributed by atoms with Gasteiger partial charge in [-0.05, 0) is 69.8 Å². The van der Waals surface area contributed by atoms with E-state index in [4.69, 9.17) is 0 Å². The molecule has 3 aliphatic rings. The second-order valence-electron chi connectivity index (χ2n) is 16.0. The molecule has 0 bridgehead atoms. The summed E-state index contributed by atoms with van der Waals surface area (Å²) in [5.41, 5.74) is 19.7. The van der Waals surface area contributed by atoms with Crippen molar-refractivity contribution < 1.29 is 0 Å². The average Bonchev–Trinajstić information content (AvgIpc) is 3.24. The molecule has 55 heavy (non-hydrogen) atoms. The minimum atomic E-state index is -0.470. The third-order valence-electron chi connectivity index (χ3n) is 13.0. The Labute approximate surface area is 325 Å². The molecular weight excluding hydrogens is 660 g/mol. The van der Waals surface area contributed by atoms with Crippen molar-refractivity contribution in [3.63, 3.8) is 0 Å². The number of para-hydroxylation sites is 2. The highest BCUT2D eigenvalue weighted by Gasteiger charge is 2.55. The van der Waals surface area contributed by atoms with Crippen LogP contribution in [0.4, 0.5) is 17.1 Å². The minimum absolute atomic E-state index is 0.0792. The van der Waals surface area contributed by atoms with Gasteiger partial charge >= 0.3 is 0 Å². The first-order chi connectivity index (χ1) is 27.1. The Balaban J connectivity index is 1.14. The van der Waals surface area contributed by atoms with Gasteiger partial charge in [-0.25, -0.2) is 0 Å². The standard InChI is InChI=1S/C52H39B2N/c1-51(2)40-22-9-13-28-46(40)54-49-31-16-12-25-43(49)52(45-27-17-26-44(51)50(45)54)41-23-10-14-29-47(41)53(48-30-15-11-24-42(48)52)36-32-34-39(35-33-36)55(37-18-5-3-6-19-37)38-20-7-4-8-21-38/h3-35H,1-2H3. The zero-order valence-corrected chi connectivity index (χ0v) is 31.2. The lowest BCUT2D eigenvalue weighted by Crippen LogP contribution is -2.70. The SMILES string of the molecule is CC1(C)c2ccccc2B2c3ccccc3C3(c4ccccc4B(c4ccc(N(c5ccccc5)c5ccccc5)cc4)c4ccccc43)c3cccc1c32. The quantitative estimate of drug-likeness (QED) is 0.169. The van der Waals surface area contributed by atoms with E-state index in [0.717, 1.165) is 17.1 Å². The van der Waals surface area contributed by atoms with Gasteiger partial charge in [-0.2, -0.15) is 0 Å². The summed E-state index contributed by atoms with van der Waals surface area (Å²) in [7, 11) is 0. The molecule has 3 heterocycles. The van der Waals surface area contributed by atoms with E-state index in [9.17, 15) is 0 Å². The lowest BCUT2D eigenvalue weighted by Gasteiger charge is -2.52. The fourth-order valence-electron chi connectivity index (χ4n) is 10.8. The van der Waals surface area contributed by atoms with E-state index in [1.165, 1.54) is 66.2 Å². The molecule has 0 fully saturated rings. The predicted molar refractivity (Wildman–Crippen MR) is 234 cm³/mol. The van der Waals surface area contributed by atoms with Gasteiger partial charge in [0.05, 0.1) is 5.41 Å². The van der Waals surface area contributed by atoms with Crippen LogP contribution in [0.5, 0.6) is 0 Å². The first-order valence-electron chi connectivity index (χ1n) is 19.6. The van der Waals surface area contributed by atoms with Crippen molar-refractivity contribution in [3.05, 3.63) is 234 Å². The molecule has 0 saturated carbocycles. The molecule has 8 aromatic rings. The van der Waals surface area contributed by atoms with E-state index >= 15 is 0 Å². The number of anilines is 3. The lowest BCUT2D eigenvalue weighted by atomic mass is 9.24. The number of fused-ring (bicyclic) bond motifs is 10. The monoisotopic (exact) mass is 699 g/mol. The van der Waals surface area contributed by atoms with Gasteiger partial charge in [0.15, 0.2) is 0 Å². The number of nitrogens with zero attached hydrogens (tertiary/aromatic N) is 1. The number of benzene rings is 8. The van der Waals surface area contributed by atoms with Crippen molar-refractivity contribution in [2.24, 2.45) is 0 Å². The van der Waals surface area contributed by atoms with E-state index in [2.05, 4.69) is 219 Å². The van der Waals surface area contributed by atoms with Crippen molar-refractivity contribution in [3.8, 4) is 0 Å². The molecule has 258 valence electrons. The van der Waals surface area contributed by atoms with Crippen molar-refractivity contribution >= 4 is 63.3 Å². The minimum Gasteiger partial charge on any atom is -0.311 e. The number of rotatable bonds is 4. The van der Waals surface area contributed by atoms with Crippen LogP contribution in [0.3, 0.4) is 0 Å². The fraction of sp³-hybridized carbons (Fsp3) is 0.0769. The van der Waals surface area contributed by atoms with E-state index < -0.39 is 5.41 Å². The largest absolute Gasteiger partial charge is 0.311 e. The Kier molecular flexibility index (Phi) is 7.07. The summed E-state index contributed by atoms with van der Waals surface area (Å²) in [6, 6.07) is 75.1. The first kappa shape index (κ1) is 32.1. The third kappa shape index (κ3) is 4.44. The zero-order chi connectivity index (χ0) is 36.7. The number of hydrogen-bond acceptors (Lipinski definition) is 1. The molecule has 1 spiro atoms. The molecule has 3 heteroatoms. The van der Waals surface area contributed by atoms with Gasteiger partial charge in [0.25, 0.3) is 0 Å². The summed E-state index contributed by atoms with van der Waals surface area (Å²) in [6.45, 7) is 5.10. The summed E-state index contributed by atoms with van der Waals surface area (Å²) in [4.78, 5) is 2.34. The molecule has 0 atom stereocenters. The van der Waals surface area contributed by atoms with Crippen LogP contribution < -0.4 is 37.7 Å². The van der Waals surface area contributed by atoms with Crippen molar-refractivity contribution in [1.82, 2.24) is 0 Å². The molecule has 8 aromatic carbocycles. The van der Waals surface area contributed by atoms with E-state index in [1.54, 1.807) is 0 Å². The van der Waals surface area contributed by atoms with Crippen LogP contribution in [0.15, 0.2) is 200 Å². The number of hydrogen-bond donors (Lipinski definition) is 0. The first-order valence-corrected chi connectivity index (χ1v) is 19.6. The van der Waals surface area contributed by atoms with E-state index in [-0.39, 0.29) is 18.8 Å². The molecule has 0 amide bonds. The Morgan fingerprint density at radius 2 is 0.709 bits per heavy atom. The zero-order valence-electron chi connectivity index (χ0n) is 31.2. The molecule has 0 aliphatic carbocycles. The van der Waals surface area contributed by atoms with Crippen molar-refractivity contribution in [2.45, 2.75) is 24.7 Å². The van der Waals surface area contributed by atoms with Crippen molar-refractivity contribution in [1.29, 1.82) is 0 Å². The van der Waals surface area contributed by atoms with E-state index in [0.29, 0.717) is 0 Å². The van der Waals surface area contributed by atoms with Crippen LogP contribution in [0.1, 0.15) is 47.2 Å². The van der Waals surface area contributed by atoms with Gasteiger partial charge in [-0.3, -0.25) is 0 Å². The average molecular weight is 700 g/mol. The lowest BCUT2D eigenvalue weighted by molar-refractivity contribution is 0.640. The molecule has 0 radical (unpaired) electrons. The van der Waals surface area contributed by atoms with Crippen LogP contribution in [0.25, 0.3) is 0 Å². The second-order valence-corrected chi connectivity index (χ2v) is 16.0. The molecule has 0 aromatic heterocycles. The maximum absolute atomic E-state index is 2.45. The highest BCUT2D eigenvalue weighted by molar-refractivity contribution is 6.98.